The largest absolute Gasteiger partial charge is 0.478 e. The second-order valence-corrected chi connectivity index (χ2v) is 10.5. The van der Waals surface area contributed by atoms with Crippen LogP contribution < -0.4 is 0 Å². The van der Waals surface area contributed by atoms with Gasteiger partial charge in [-0.25, -0.2) is 4.79 Å². The number of rotatable bonds is 4. The van der Waals surface area contributed by atoms with Crippen LogP contribution >= 0.6 is 31.9 Å². The molecule has 1 fully saturated rings. The molecule has 1 amide bonds. The molecule has 4 aromatic rings. The summed E-state index contributed by atoms with van der Waals surface area (Å²) in [5.41, 5.74) is 5.26. The summed E-state index contributed by atoms with van der Waals surface area (Å²) in [5, 5.41) is 18.3. The summed E-state index contributed by atoms with van der Waals surface area (Å²) < 4.78 is 2.07. The van der Waals surface area contributed by atoms with E-state index in [2.05, 4.69) is 31.9 Å². The maximum Gasteiger partial charge on any atom is 0.335 e. The summed E-state index contributed by atoms with van der Waals surface area (Å²) >= 11 is 6.79. The molecule has 37 heavy (non-hydrogen) atoms. The number of benzene rings is 4. The number of β-amino-alcohol motifs (C(OH)–C–C–N with tert-alkyl or cyclic N) is 1. The van der Waals surface area contributed by atoms with Crippen molar-refractivity contribution in [1.29, 1.82) is 0 Å². The summed E-state index contributed by atoms with van der Waals surface area (Å²) in [5.74, 6) is -0.906. The van der Waals surface area contributed by atoms with E-state index >= 15 is 0 Å². The van der Waals surface area contributed by atoms with Crippen LogP contribution in [0.3, 0.4) is 0 Å². The molecule has 0 aromatic heterocycles. The Morgan fingerprint density at radius 3 is 1.38 bits per heavy atom. The highest BCUT2D eigenvalue weighted by molar-refractivity contribution is 9.10. The van der Waals surface area contributed by atoms with E-state index in [-0.39, 0.29) is 12.0 Å². The minimum atomic E-state index is -0.901. The van der Waals surface area contributed by atoms with E-state index in [9.17, 15) is 14.7 Å². The fraction of sp³-hybridized carbons (Fsp3) is 0.133. The maximum atomic E-state index is 12.3. The van der Waals surface area contributed by atoms with Gasteiger partial charge in [0.15, 0.2) is 0 Å². The molecule has 188 valence electrons. The van der Waals surface area contributed by atoms with E-state index in [4.69, 9.17) is 5.11 Å². The van der Waals surface area contributed by atoms with Gasteiger partial charge in [-0.05, 0) is 77.2 Å². The Balaban J connectivity index is 0.000000180. The standard InChI is InChI=1S/C17H16BrNO2.C13H9BrO2/c18-15-7-5-13(6-8-15)12-1-3-14(4-2-12)17(21)19-10-9-16(20)11-19;14-12-7-5-10(6-8-12)9-1-3-11(4-2-9)13(15)16/h1-8,16,20H,9-11H2;1-8H,(H,15,16)/t16-;/m1./s1. The third-order valence-electron chi connectivity index (χ3n) is 6.07. The minimum Gasteiger partial charge on any atom is -0.478 e. The van der Waals surface area contributed by atoms with E-state index in [0.29, 0.717) is 30.6 Å². The first-order valence-electron chi connectivity index (χ1n) is 11.7. The summed E-state index contributed by atoms with van der Waals surface area (Å²) in [6, 6.07) is 30.4. The highest BCUT2D eigenvalue weighted by atomic mass is 79.9. The molecular formula is C30H25Br2NO4. The Labute approximate surface area is 232 Å². The van der Waals surface area contributed by atoms with Crippen LogP contribution in [0.25, 0.3) is 22.3 Å². The average Bonchev–Trinajstić information content (AvgIpc) is 3.36. The Morgan fingerprint density at radius 1 is 0.649 bits per heavy atom. The van der Waals surface area contributed by atoms with E-state index in [1.807, 2.05) is 84.9 Å². The molecule has 5 nitrogen and oxygen atoms in total. The smallest absolute Gasteiger partial charge is 0.335 e. The highest BCUT2D eigenvalue weighted by Gasteiger charge is 2.25. The van der Waals surface area contributed by atoms with Crippen molar-refractivity contribution in [2.24, 2.45) is 0 Å². The van der Waals surface area contributed by atoms with Gasteiger partial charge in [-0.3, -0.25) is 4.79 Å². The monoisotopic (exact) mass is 621 g/mol. The Morgan fingerprint density at radius 2 is 1.03 bits per heavy atom. The lowest BCUT2D eigenvalue weighted by Gasteiger charge is -2.15. The predicted octanol–water partition coefficient (Wildman–Crippen LogP) is 7.14. The van der Waals surface area contributed by atoms with Gasteiger partial charge in [0.25, 0.3) is 5.91 Å². The zero-order valence-corrected chi connectivity index (χ0v) is 23.0. The van der Waals surface area contributed by atoms with Crippen molar-refractivity contribution in [3.63, 3.8) is 0 Å². The number of halogens is 2. The van der Waals surface area contributed by atoms with Crippen LogP contribution in [0.4, 0.5) is 0 Å². The Hall–Kier alpha value is -3.26. The summed E-state index contributed by atoms with van der Waals surface area (Å²) in [6.45, 7) is 1.07. The van der Waals surface area contributed by atoms with Crippen LogP contribution in [-0.4, -0.2) is 46.2 Å². The van der Waals surface area contributed by atoms with Crippen LogP contribution in [-0.2, 0) is 0 Å². The topological polar surface area (TPSA) is 77.8 Å². The number of carbonyl (C=O) groups excluding carboxylic acids is 1. The SMILES string of the molecule is O=C(O)c1ccc(-c2ccc(Br)cc2)cc1.O=C(c1ccc(-c2ccc(Br)cc2)cc1)N1CC[C@@H](O)C1. The van der Waals surface area contributed by atoms with Crippen molar-refractivity contribution in [2.45, 2.75) is 12.5 Å². The normalized spacial score (nSPS) is 14.6. The maximum absolute atomic E-state index is 12.3. The molecule has 1 heterocycles. The van der Waals surface area contributed by atoms with Crippen molar-refractivity contribution < 1.29 is 19.8 Å². The Kier molecular flexibility index (Phi) is 8.92. The molecule has 0 spiro atoms. The number of hydrogen-bond acceptors (Lipinski definition) is 3. The lowest BCUT2D eigenvalue weighted by atomic mass is 10.0. The zero-order valence-electron chi connectivity index (χ0n) is 19.9. The average molecular weight is 623 g/mol. The van der Waals surface area contributed by atoms with Crippen LogP contribution in [0, 0.1) is 0 Å². The van der Waals surface area contributed by atoms with Gasteiger partial charge in [0.1, 0.15) is 0 Å². The second-order valence-electron chi connectivity index (χ2n) is 8.67. The first-order chi connectivity index (χ1) is 17.8. The number of aromatic carboxylic acids is 1. The number of aliphatic hydroxyl groups excluding tert-OH is 1. The molecule has 7 heteroatoms. The molecule has 0 saturated carbocycles. The molecule has 1 aliphatic heterocycles. The van der Waals surface area contributed by atoms with Gasteiger partial charge in [0.2, 0.25) is 0 Å². The quantitative estimate of drug-likeness (QED) is 0.254. The molecule has 2 N–H and O–H groups in total. The lowest BCUT2D eigenvalue weighted by molar-refractivity contribution is 0.0696. The molecular weight excluding hydrogens is 598 g/mol. The summed E-state index contributed by atoms with van der Waals surface area (Å²) in [6.07, 6.45) is 0.291. The van der Waals surface area contributed by atoms with Gasteiger partial charge in [-0.15, -0.1) is 0 Å². The number of aliphatic hydroxyl groups is 1. The van der Waals surface area contributed by atoms with Gasteiger partial charge in [0, 0.05) is 27.6 Å². The predicted molar refractivity (Wildman–Crippen MR) is 153 cm³/mol. The van der Waals surface area contributed by atoms with Crippen molar-refractivity contribution in [1.82, 2.24) is 4.90 Å². The number of carbonyl (C=O) groups is 2. The van der Waals surface area contributed by atoms with E-state index in [1.54, 1.807) is 17.0 Å². The molecule has 0 aliphatic carbocycles. The third kappa shape index (κ3) is 7.16. The number of nitrogens with zero attached hydrogens (tertiary/aromatic N) is 1. The van der Waals surface area contributed by atoms with Crippen LogP contribution in [0.5, 0.6) is 0 Å². The van der Waals surface area contributed by atoms with E-state index in [0.717, 1.165) is 31.2 Å². The van der Waals surface area contributed by atoms with Gasteiger partial charge >= 0.3 is 5.97 Å². The Bertz CT molecular complexity index is 1350. The van der Waals surface area contributed by atoms with Gasteiger partial charge in [-0.2, -0.15) is 0 Å². The molecule has 1 saturated heterocycles. The lowest BCUT2D eigenvalue weighted by Crippen LogP contribution is -2.29. The van der Waals surface area contributed by atoms with Gasteiger partial charge in [-0.1, -0.05) is 80.4 Å². The van der Waals surface area contributed by atoms with E-state index in [1.165, 1.54) is 0 Å². The van der Waals surface area contributed by atoms with Gasteiger partial charge in [0.05, 0.1) is 11.7 Å². The highest BCUT2D eigenvalue weighted by Crippen LogP contribution is 2.24. The van der Waals surface area contributed by atoms with Crippen molar-refractivity contribution in [2.75, 3.05) is 13.1 Å². The fourth-order valence-corrected chi connectivity index (χ4v) is 4.53. The number of carboxylic acids is 1. The molecule has 5 rings (SSSR count). The first kappa shape index (κ1) is 26.8. The minimum absolute atomic E-state index is 0.00564. The first-order valence-corrected chi connectivity index (χ1v) is 13.3. The second kappa shape index (κ2) is 12.3. The van der Waals surface area contributed by atoms with Gasteiger partial charge < -0.3 is 15.1 Å². The number of amides is 1. The molecule has 1 atom stereocenters. The van der Waals surface area contributed by atoms with Crippen molar-refractivity contribution in [3.05, 3.63) is 117 Å². The van der Waals surface area contributed by atoms with E-state index < -0.39 is 5.97 Å². The van der Waals surface area contributed by atoms with Crippen molar-refractivity contribution in [3.8, 4) is 22.3 Å². The number of carboxylic acid groups (broad SMARTS) is 1. The van der Waals surface area contributed by atoms with Crippen LogP contribution in [0.2, 0.25) is 0 Å². The molecule has 0 bridgehead atoms. The molecule has 0 unspecified atom stereocenters. The summed E-state index contributed by atoms with van der Waals surface area (Å²) in [7, 11) is 0. The summed E-state index contributed by atoms with van der Waals surface area (Å²) in [4.78, 5) is 24.7. The fourth-order valence-electron chi connectivity index (χ4n) is 4.00. The molecule has 0 radical (unpaired) electrons. The number of likely N-dealkylation sites (tertiary alicyclic amines) is 1. The van der Waals surface area contributed by atoms with Crippen LogP contribution in [0.15, 0.2) is 106 Å². The van der Waals surface area contributed by atoms with Crippen molar-refractivity contribution >= 4 is 43.7 Å². The third-order valence-corrected chi connectivity index (χ3v) is 7.13. The zero-order chi connectivity index (χ0) is 26.4. The number of hydrogen-bond donors (Lipinski definition) is 2. The molecule has 1 aliphatic rings. The molecule has 4 aromatic carbocycles. The van der Waals surface area contributed by atoms with Crippen LogP contribution in [0.1, 0.15) is 27.1 Å².